The molecular formula is C19H26N4O2S. The summed E-state index contributed by atoms with van der Waals surface area (Å²) < 4.78 is 5.12. The van der Waals surface area contributed by atoms with Gasteiger partial charge in [-0.15, -0.1) is 5.10 Å². The molecule has 1 atom stereocenters. The van der Waals surface area contributed by atoms with Gasteiger partial charge >= 0.3 is 0 Å². The van der Waals surface area contributed by atoms with Crippen LogP contribution in [0.15, 0.2) is 29.4 Å². The number of anilines is 1. The summed E-state index contributed by atoms with van der Waals surface area (Å²) in [4.78, 5) is 16.9. The van der Waals surface area contributed by atoms with E-state index in [1.54, 1.807) is 7.11 Å². The Balaban J connectivity index is 1.47. The number of carbonyl (C=O) groups is 1. The molecule has 1 aliphatic rings. The number of aromatic amines is 1. The van der Waals surface area contributed by atoms with Gasteiger partial charge < -0.3 is 10.1 Å². The average molecular weight is 375 g/mol. The van der Waals surface area contributed by atoms with Crippen molar-refractivity contribution in [2.75, 3.05) is 12.4 Å². The number of rotatable bonds is 8. The van der Waals surface area contributed by atoms with Crippen LogP contribution in [0.25, 0.3) is 0 Å². The van der Waals surface area contributed by atoms with E-state index in [0.29, 0.717) is 5.16 Å². The monoisotopic (exact) mass is 374 g/mol. The van der Waals surface area contributed by atoms with Crippen molar-refractivity contribution in [3.8, 4) is 5.75 Å². The minimum atomic E-state index is -0.282. The molecule has 140 valence electrons. The number of hydrogen-bond acceptors (Lipinski definition) is 5. The maximum atomic E-state index is 12.3. The molecule has 2 N–H and O–H groups in total. The van der Waals surface area contributed by atoms with Crippen molar-refractivity contribution < 1.29 is 9.53 Å². The standard InChI is InChI=1S/C19H26N4O2S/c1-13(18(24)20-15-8-10-16(25-2)11-9-15)26-19-21-17(22-23-19)12-7-14-5-3-4-6-14/h8-11,13-14H,3-7,12H2,1-2H3,(H,20,24)(H,21,22,23)/t13-/m1/s1. The lowest BCUT2D eigenvalue weighted by molar-refractivity contribution is -0.115. The van der Waals surface area contributed by atoms with Crippen LogP contribution in [0.4, 0.5) is 5.69 Å². The minimum absolute atomic E-state index is 0.0718. The Morgan fingerprint density at radius 1 is 1.35 bits per heavy atom. The molecule has 26 heavy (non-hydrogen) atoms. The van der Waals surface area contributed by atoms with Gasteiger partial charge in [0, 0.05) is 12.1 Å². The van der Waals surface area contributed by atoms with Gasteiger partial charge in [0.1, 0.15) is 11.6 Å². The van der Waals surface area contributed by atoms with Gasteiger partial charge in [-0.3, -0.25) is 9.89 Å². The Hall–Kier alpha value is -2.02. The van der Waals surface area contributed by atoms with E-state index in [1.807, 2.05) is 31.2 Å². The summed E-state index contributed by atoms with van der Waals surface area (Å²) in [7, 11) is 1.62. The number of carbonyl (C=O) groups excluding carboxylic acids is 1. The second-order valence-corrected chi connectivity index (χ2v) is 8.04. The summed E-state index contributed by atoms with van der Waals surface area (Å²) in [5, 5.41) is 10.5. The van der Waals surface area contributed by atoms with E-state index in [1.165, 1.54) is 43.9 Å². The van der Waals surface area contributed by atoms with Gasteiger partial charge in [0.15, 0.2) is 0 Å². The number of benzene rings is 1. The van der Waals surface area contributed by atoms with Crippen LogP contribution in [0.5, 0.6) is 5.75 Å². The SMILES string of the molecule is COc1ccc(NC(=O)[C@@H](C)Sc2n[nH]c(CCC3CCCC3)n2)cc1. The van der Waals surface area contributed by atoms with Crippen LogP contribution in [-0.2, 0) is 11.2 Å². The first-order valence-electron chi connectivity index (χ1n) is 9.17. The molecule has 0 bridgehead atoms. The van der Waals surface area contributed by atoms with Crippen molar-refractivity contribution in [2.45, 2.75) is 55.9 Å². The second kappa shape index (κ2) is 9.07. The predicted octanol–water partition coefficient (Wildman–Crippen LogP) is 4.06. The van der Waals surface area contributed by atoms with Crippen molar-refractivity contribution in [2.24, 2.45) is 5.92 Å². The molecule has 1 aromatic heterocycles. The highest BCUT2D eigenvalue weighted by Crippen LogP contribution is 2.28. The van der Waals surface area contributed by atoms with E-state index in [-0.39, 0.29) is 11.2 Å². The lowest BCUT2D eigenvalue weighted by Gasteiger charge is -2.10. The molecule has 0 aliphatic heterocycles. The van der Waals surface area contributed by atoms with Crippen molar-refractivity contribution in [1.82, 2.24) is 15.2 Å². The molecule has 0 radical (unpaired) electrons. The fourth-order valence-corrected chi connectivity index (χ4v) is 3.96. The molecule has 0 unspecified atom stereocenters. The zero-order chi connectivity index (χ0) is 18.4. The molecule has 3 rings (SSSR count). The third-order valence-electron chi connectivity index (χ3n) is 4.78. The molecule has 1 fully saturated rings. The number of methoxy groups -OCH3 is 1. The van der Waals surface area contributed by atoms with Crippen molar-refractivity contribution in [3.05, 3.63) is 30.1 Å². The van der Waals surface area contributed by atoms with Crippen molar-refractivity contribution in [3.63, 3.8) is 0 Å². The first-order valence-corrected chi connectivity index (χ1v) is 10.0. The van der Waals surface area contributed by atoms with Gasteiger partial charge in [-0.1, -0.05) is 37.4 Å². The quantitative estimate of drug-likeness (QED) is 0.681. The van der Waals surface area contributed by atoms with Crippen LogP contribution >= 0.6 is 11.8 Å². The van der Waals surface area contributed by atoms with Crippen LogP contribution in [0.1, 0.15) is 44.9 Å². The summed E-state index contributed by atoms with van der Waals surface area (Å²) in [5.74, 6) is 2.45. The maximum Gasteiger partial charge on any atom is 0.237 e. The lowest BCUT2D eigenvalue weighted by Crippen LogP contribution is -2.22. The van der Waals surface area contributed by atoms with Gasteiger partial charge in [0.25, 0.3) is 0 Å². The maximum absolute atomic E-state index is 12.3. The summed E-state index contributed by atoms with van der Waals surface area (Å²) in [6.07, 6.45) is 7.53. The number of thioether (sulfide) groups is 1. The van der Waals surface area contributed by atoms with Gasteiger partial charge in [-0.25, -0.2) is 4.98 Å². The van der Waals surface area contributed by atoms with E-state index in [4.69, 9.17) is 4.74 Å². The van der Waals surface area contributed by atoms with Crippen LogP contribution in [0.3, 0.4) is 0 Å². The smallest absolute Gasteiger partial charge is 0.237 e. The summed E-state index contributed by atoms with van der Waals surface area (Å²) in [5.41, 5.74) is 0.746. The molecule has 1 amide bonds. The molecule has 7 heteroatoms. The van der Waals surface area contributed by atoms with Crippen LogP contribution in [-0.4, -0.2) is 33.4 Å². The van der Waals surface area contributed by atoms with Crippen molar-refractivity contribution in [1.29, 1.82) is 0 Å². The van der Waals surface area contributed by atoms with Crippen LogP contribution in [0.2, 0.25) is 0 Å². The van der Waals surface area contributed by atoms with Crippen molar-refractivity contribution >= 4 is 23.4 Å². The Morgan fingerprint density at radius 3 is 2.77 bits per heavy atom. The van der Waals surface area contributed by atoms with Gasteiger partial charge in [0.05, 0.1) is 12.4 Å². The van der Waals surface area contributed by atoms with Gasteiger partial charge in [-0.05, 0) is 43.5 Å². The lowest BCUT2D eigenvalue weighted by atomic mass is 10.0. The summed E-state index contributed by atoms with van der Waals surface area (Å²) >= 11 is 1.37. The molecule has 1 saturated carbocycles. The van der Waals surface area contributed by atoms with E-state index >= 15 is 0 Å². The van der Waals surface area contributed by atoms with E-state index < -0.39 is 0 Å². The topological polar surface area (TPSA) is 79.9 Å². The van der Waals surface area contributed by atoms with E-state index in [9.17, 15) is 4.79 Å². The highest BCUT2D eigenvalue weighted by Gasteiger charge is 2.19. The minimum Gasteiger partial charge on any atom is -0.497 e. The second-order valence-electron chi connectivity index (χ2n) is 6.73. The molecule has 1 aromatic carbocycles. The normalized spacial score (nSPS) is 15.8. The highest BCUT2D eigenvalue weighted by molar-refractivity contribution is 8.00. The number of aromatic nitrogens is 3. The third kappa shape index (κ3) is 5.24. The predicted molar refractivity (Wildman–Crippen MR) is 104 cm³/mol. The Kier molecular flexibility index (Phi) is 6.55. The van der Waals surface area contributed by atoms with Gasteiger partial charge in [-0.2, -0.15) is 0 Å². The molecule has 0 spiro atoms. The number of H-pyrrole nitrogens is 1. The summed E-state index contributed by atoms with van der Waals surface area (Å²) in [6.45, 7) is 1.86. The molecule has 1 aliphatic carbocycles. The number of aryl methyl sites for hydroxylation is 1. The zero-order valence-corrected chi connectivity index (χ0v) is 16.1. The number of nitrogens with one attached hydrogen (secondary N) is 2. The number of amides is 1. The highest BCUT2D eigenvalue weighted by atomic mass is 32.2. The average Bonchev–Trinajstić information content (AvgIpc) is 3.32. The first kappa shape index (κ1) is 18.8. The largest absolute Gasteiger partial charge is 0.497 e. The van der Waals surface area contributed by atoms with E-state index in [0.717, 1.165) is 29.6 Å². The Bertz CT molecular complexity index is 711. The molecule has 2 aromatic rings. The van der Waals surface area contributed by atoms with Crippen LogP contribution in [0, 0.1) is 5.92 Å². The first-order chi connectivity index (χ1) is 12.6. The fourth-order valence-electron chi connectivity index (χ4n) is 3.21. The molecule has 6 nitrogen and oxygen atoms in total. The molecular weight excluding hydrogens is 348 g/mol. The number of nitrogens with zero attached hydrogens (tertiary/aromatic N) is 2. The van der Waals surface area contributed by atoms with Gasteiger partial charge in [0.2, 0.25) is 11.1 Å². The Labute approximate surface area is 158 Å². The molecule has 1 heterocycles. The number of hydrogen-bond donors (Lipinski definition) is 2. The van der Waals surface area contributed by atoms with Crippen LogP contribution < -0.4 is 10.1 Å². The third-order valence-corrected chi connectivity index (χ3v) is 5.75. The summed E-state index contributed by atoms with van der Waals surface area (Å²) in [6, 6.07) is 7.28. The Morgan fingerprint density at radius 2 is 2.08 bits per heavy atom. The fraction of sp³-hybridized carbons (Fsp3) is 0.526. The zero-order valence-electron chi connectivity index (χ0n) is 15.3. The molecule has 0 saturated heterocycles. The van der Waals surface area contributed by atoms with E-state index in [2.05, 4.69) is 20.5 Å². The number of ether oxygens (including phenoxy) is 1.